The summed E-state index contributed by atoms with van der Waals surface area (Å²) in [7, 11) is 0. The Kier molecular flexibility index (Phi) is 4.89. The van der Waals surface area contributed by atoms with Crippen molar-refractivity contribution in [2.75, 3.05) is 19.6 Å². The van der Waals surface area contributed by atoms with Gasteiger partial charge in [-0.2, -0.15) is 0 Å². The molecule has 2 saturated heterocycles. The number of likely N-dealkylation sites (tertiary alicyclic amines) is 1. The van der Waals surface area contributed by atoms with Gasteiger partial charge in [0.25, 0.3) is 5.91 Å². The molecule has 2 fully saturated rings. The van der Waals surface area contributed by atoms with Crippen molar-refractivity contribution in [3.8, 4) is 11.1 Å². The van der Waals surface area contributed by atoms with Crippen molar-refractivity contribution in [1.29, 1.82) is 0 Å². The van der Waals surface area contributed by atoms with Crippen LogP contribution in [0.25, 0.3) is 11.1 Å². The number of hydrogen-bond acceptors (Lipinski definition) is 3. The van der Waals surface area contributed by atoms with Crippen molar-refractivity contribution in [3.05, 3.63) is 59.9 Å². The maximum Gasteiger partial charge on any atom is 0.253 e. The van der Waals surface area contributed by atoms with Crippen molar-refractivity contribution < 1.29 is 19.1 Å². The molecule has 0 saturated carbocycles. The van der Waals surface area contributed by atoms with Crippen molar-refractivity contribution >= 4 is 11.8 Å². The Hall–Kier alpha value is -2.73. The minimum atomic E-state index is -0.909. The van der Waals surface area contributed by atoms with Gasteiger partial charge in [0.05, 0.1) is 11.5 Å². The van der Waals surface area contributed by atoms with Gasteiger partial charge in [0.15, 0.2) is 0 Å². The largest absolute Gasteiger partial charge is 0.392 e. The predicted molar refractivity (Wildman–Crippen MR) is 103 cm³/mol. The number of halogens is 1. The molecule has 2 amide bonds. The van der Waals surface area contributed by atoms with Crippen LogP contribution in [-0.4, -0.2) is 47.6 Å². The molecule has 2 heterocycles. The second-order valence-corrected chi connectivity index (χ2v) is 7.63. The molecule has 4 rings (SSSR count). The van der Waals surface area contributed by atoms with Crippen molar-refractivity contribution in [2.24, 2.45) is 5.41 Å². The number of nitrogens with one attached hydrogen (secondary N) is 1. The van der Waals surface area contributed by atoms with Crippen molar-refractivity contribution in [1.82, 2.24) is 10.2 Å². The second-order valence-electron chi connectivity index (χ2n) is 7.63. The molecule has 28 heavy (non-hydrogen) atoms. The number of carbonyl (C=O) groups is 2. The normalized spacial score (nSPS) is 24.9. The third-order valence-corrected chi connectivity index (χ3v) is 5.90. The second kappa shape index (κ2) is 7.36. The summed E-state index contributed by atoms with van der Waals surface area (Å²) in [5, 5.41) is 13.3. The highest BCUT2D eigenvalue weighted by molar-refractivity contribution is 5.95. The van der Waals surface area contributed by atoms with Gasteiger partial charge in [-0.15, -0.1) is 0 Å². The van der Waals surface area contributed by atoms with E-state index in [1.807, 2.05) is 6.07 Å². The highest BCUT2D eigenvalue weighted by Gasteiger charge is 2.50. The SMILES string of the molecule is O=C(c1ccc(-c2cccc(F)c2)cc1)N1CCC(O)[C@@]2(CCCNC2=O)C1. The van der Waals surface area contributed by atoms with Crippen molar-refractivity contribution in [2.45, 2.75) is 25.4 Å². The molecule has 0 bridgehead atoms. The summed E-state index contributed by atoms with van der Waals surface area (Å²) in [6.45, 7) is 1.26. The molecule has 2 aliphatic rings. The minimum absolute atomic E-state index is 0.157. The summed E-state index contributed by atoms with van der Waals surface area (Å²) < 4.78 is 13.4. The van der Waals surface area contributed by atoms with Crippen molar-refractivity contribution in [3.63, 3.8) is 0 Å². The first-order valence-electron chi connectivity index (χ1n) is 9.61. The Morgan fingerprint density at radius 2 is 1.96 bits per heavy atom. The van der Waals surface area contributed by atoms with Gasteiger partial charge in [-0.05, 0) is 54.7 Å². The highest BCUT2D eigenvalue weighted by atomic mass is 19.1. The molecule has 0 radical (unpaired) electrons. The quantitative estimate of drug-likeness (QED) is 0.839. The van der Waals surface area contributed by atoms with Crippen LogP contribution in [0.15, 0.2) is 48.5 Å². The Morgan fingerprint density at radius 3 is 2.68 bits per heavy atom. The number of piperidine rings is 2. The first-order valence-corrected chi connectivity index (χ1v) is 9.61. The van der Waals surface area contributed by atoms with E-state index in [1.165, 1.54) is 12.1 Å². The van der Waals surface area contributed by atoms with E-state index in [9.17, 15) is 19.1 Å². The standard InChI is InChI=1S/C22H23FN2O3/c23-18-4-1-3-17(13-18)15-5-7-16(8-6-15)20(27)25-12-9-19(26)22(14-25)10-2-11-24-21(22)28/h1,3-8,13,19,26H,2,9-12,14H2,(H,24,28)/t19?,22-/m1/s1. The zero-order valence-electron chi connectivity index (χ0n) is 15.5. The molecule has 2 atom stereocenters. The van der Waals surface area contributed by atoms with Gasteiger partial charge < -0.3 is 15.3 Å². The van der Waals surface area contributed by atoms with E-state index < -0.39 is 11.5 Å². The van der Waals surface area contributed by atoms with Crippen LogP contribution in [0.3, 0.4) is 0 Å². The van der Waals surface area contributed by atoms with E-state index in [-0.39, 0.29) is 24.2 Å². The molecule has 5 nitrogen and oxygen atoms in total. The monoisotopic (exact) mass is 382 g/mol. The van der Waals surface area contributed by atoms with E-state index in [2.05, 4.69) is 5.32 Å². The van der Waals surface area contributed by atoms with Crippen LogP contribution < -0.4 is 5.32 Å². The highest BCUT2D eigenvalue weighted by Crippen LogP contribution is 2.37. The average molecular weight is 382 g/mol. The molecule has 6 heteroatoms. The number of amides is 2. The zero-order chi connectivity index (χ0) is 19.7. The summed E-state index contributed by atoms with van der Waals surface area (Å²) >= 11 is 0. The summed E-state index contributed by atoms with van der Waals surface area (Å²) in [6.07, 6.45) is 1.04. The van der Waals surface area contributed by atoms with E-state index >= 15 is 0 Å². The molecule has 2 aromatic carbocycles. The maximum absolute atomic E-state index is 13.4. The molecule has 0 aliphatic carbocycles. The fourth-order valence-electron chi connectivity index (χ4n) is 4.27. The predicted octanol–water partition coefficient (Wildman–Crippen LogP) is 2.60. The molecule has 1 spiro atoms. The number of hydrogen-bond donors (Lipinski definition) is 2. The number of aliphatic hydroxyl groups excluding tert-OH is 1. The summed E-state index contributed by atoms with van der Waals surface area (Å²) in [5.74, 6) is -0.624. The van der Waals surface area contributed by atoms with Crippen LogP contribution in [0, 0.1) is 11.2 Å². The molecule has 0 aromatic heterocycles. The molecular weight excluding hydrogens is 359 g/mol. The molecule has 1 unspecified atom stereocenters. The van der Waals surface area contributed by atoms with E-state index in [0.29, 0.717) is 31.5 Å². The van der Waals surface area contributed by atoms with Gasteiger partial charge >= 0.3 is 0 Å². The van der Waals surface area contributed by atoms with Gasteiger partial charge in [0.2, 0.25) is 5.91 Å². The first kappa shape index (κ1) is 18.6. The summed E-state index contributed by atoms with van der Waals surface area (Å²) in [6, 6.07) is 13.3. The van der Waals surface area contributed by atoms with E-state index in [4.69, 9.17) is 0 Å². The lowest BCUT2D eigenvalue weighted by molar-refractivity contribution is -0.147. The van der Waals surface area contributed by atoms with Crippen LogP contribution in [0.4, 0.5) is 4.39 Å². The van der Waals surface area contributed by atoms with E-state index in [0.717, 1.165) is 17.5 Å². The van der Waals surface area contributed by atoms with Gasteiger partial charge in [-0.1, -0.05) is 24.3 Å². The maximum atomic E-state index is 13.4. The first-order chi connectivity index (χ1) is 13.5. The molecule has 2 aromatic rings. The molecule has 2 N–H and O–H groups in total. The average Bonchev–Trinajstić information content (AvgIpc) is 2.72. The number of benzene rings is 2. The minimum Gasteiger partial charge on any atom is -0.392 e. The van der Waals surface area contributed by atoms with Crippen LogP contribution in [0.2, 0.25) is 0 Å². The van der Waals surface area contributed by atoms with E-state index in [1.54, 1.807) is 35.2 Å². The fourth-order valence-corrected chi connectivity index (χ4v) is 4.27. The van der Waals surface area contributed by atoms with Crippen LogP contribution in [0.1, 0.15) is 29.6 Å². The third kappa shape index (κ3) is 3.29. The molecular formula is C22H23FN2O3. The van der Waals surface area contributed by atoms with Gasteiger partial charge in [-0.25, -0.2) is 4.39 Å². The lowest BCUT2D eigenvalue weighted by atomic mass is 9.71. The topological polar surface area (TPSA) is 69.6 Å². The lowest BCUT2D eigenvalue weighted by Crippen LogP contribution is -2.62. The van der Waals surface area contributed by atoms with Gasteiger partial charge in [0, 0.05) is 25.2 Å². The molecule has 146 valence electrons. The van der Waals surface area contributed by atoms with Gasteiger partial charge in [0.1, 0.15) is 5.82 Å². The summed E-state index contributed by atoms with van der Waals surface area (Å²) in [5.41, 5.74) is 1.18. The summed E-state index contributed by atoms with van der Waals surface area (Å²) in [4.78, 5) is 27.1. The lowest BCUT2D eigenvalue weighted by Gasteiger charge is -2.46. The third-order valence-electron chi connectivity index (χ3n) is 5.90. The number of carbonyl (C=O) groups excluding carboxylic acids is 2. The number of nitrogens with zero attached hydrogens (tertiary/aromatic N) is 1. The van der Waals surface area contributed by atoms with Crippen LogP contribution in [0.5, 0.6) is 0 Å². The Bertz CT molecular complexity index is 899. The van der Waals surface area contributed by atoms with Crippen LogP contribution >= 0.6 is 0 Å². The van der Waals surface area contributed by atoms with Crippen LogP contribution in [-0.2, 0) is 4.79 Å². The fraction of sp³-hybridized carbons (Fsp3) is 0.364. The number of aliphatic hydroxyl groups is 1. The molecule has 2 aliphatic heterocycles. The Balaban J connectivity index is 1.53. The smallest absolute Gasteiger partial charge is 0.253 e. The van der Waals surface area contributed by atoms with Gasteiger partial charge in [-0.3, -0.25) is 9.59 Å². The Morgan fingerprint density at radius 1 is 1.18 bits per heavy atom. The zero-order valence-corrected chi connectivity index (χ0v) is 15.5. The Labute approximate surface area is 163 Å². The number of rotatable bonds is 2.